The van der Waals surface area contributed by atoms with Gasteiger partial charge < -0.3 is 89.0 Å². The Bertz CT molecular complexity index is 1570. The fourth-order valence-corrected chi connectivity index (χ4v) is 14.7. The van der Waals surface area contributed by atoms with Crippen LogP contribution in [0.4, 0.5) is 0 Å². The quantitative estimate of drug-likeness (QED) is 0.128. The van der Waals surface area contributed by atoms with Gasteiger partial charge in [-0.25, -0.2) is 0 Å². The molecule has 63 heavy (non-hydrogen) atoms. The van der Waals surface area contributed by atoms with E-state index in [4.69, 9.17) is 37.9 Å². The maximum Gasteiger partial charge on any atom is 0.187 e. The predicted octanol–water partition coefficient (Wildman–Crippen LogP) is -0.734. The van der Waals surface area contributed by atoms with Crippen molar-refractivity contribution in [2.45, 2.75) is 202 Å². The molecule has 18 heteroatoms. The van der Waals surface area contributed by atoms with Gasteiger partial charge in [0.05, 0.1) is 38.6 Å². The smallest absolute Gasteiger partial charge is 0.187 e. The predicted molar refractivity (Wildman–Crippen MR) is 216 cm³/mol. The van der Waals surface area contributed by atoms with Gasteiger partial charge in [0.15, 0.2) is 24.7 Å². The monoisotopic (exact) mass is 902 g/mol. The average Bonchev–Trinajstić information content (AvgIpc) is 3.72. The first kappa shape index (κ1) is 47.4. The van der Waals surface area contributed by atoms with Crippen LogP contribution in [-0.4, -0.2) is 188 Å². The van der Waals surface area contributed by atoms with Crippen LogP contribution in [0, 0.1) is 52.3 Å². The lowest BCUT2D eigenvalue weighted by Gasteiger charge is -2.61. The number of aliphatic hydroxyl groups is 10. The Hall–Kier alpha value is -0.720. The molecule has 5 heterocycles. The molecule has 0 amide bonds. The molecule has 10 N–H and O–H groups in total. The van der Waals surface area contributed by atoms with Crippen molar-refractivity contribution >= 4 is 0 Å². The van der Waals surface area contributed by atoms with Gasteiger partial charge in [0.25, 0.3) is 0 Å². The Kier molecular flexibility index (Phi) is 13.5. The molecule has 1 spiro atoms. The van der Waals surface area contributed by atoms with E-state index in [1.54, 1.807) is 0 Å². The van der Waals surface area contributed by atoms with Crippen LogP contribution < -0.4 is 0 Å². The van der Waals surface area contributed by atoms with Crippen molar-refractivity contribution < 1.29 is 89.0 Å². The fraction of sp³-hybridized carbons (Fsp3) is 1.00. The van der Waals surface area contributed by atoms with E-state index in [9.17, 15) is 51.1 Å². The first-order chi connectivity index (χ1) is 30.0. The highest BCUT2D eigenvalue weighted by Crippen LogP contribution is 2.71. The van der Waals surface area contributed by atoms with Crippen molar-refractivity contribution in [1.29, 1.82) is 0 Å². The van der Waals surface area contributed by atoms with Crippen LogP contribution in [0.25, 0.3) is 0 Å². The largest absolute Gasteiger partial charge is 0.394 e. The topological polar surface area (TPSA) is 276 Å². The summed E-state index contributed by atoms with van der Waals surface area (Å²) in [5, 5.41) is 106. The second kappa shape index (κ2) is 18.0. The molecule has 4 aliphatic carbocycles. The minimum Gasteiger partial charge on any atom is -0.394 e. The van der Waals surface area contributed by atoms with Crippen LogP contribution >= 0.6 is 0 Å². The van der Waals surface area contributed by atoms with E-state index in [0.29, 0.717) is 54.3 Å². The van der Waals surface area contributed by atoms with Gasteiger partial charge in [-0.05, 0) is 104 Å². The van der Waals surface area contributed by atoms with Crippen LogP contribution in [-0.2, 0) is 37.9 Å². The van der Waals surface area contributed by atoms with Crippen LogP contribution in [0.15, 0.2) is 0 Å². The zero-order chi connectivity index (χ0) is 44.9. The highest BCUT2D eigenvalue weighted by atomic mass is 16.8. The molecule has 9 aliphatic rings. The molecule has 9 rings (SSSR count). The normalized spacial score (nSPS) is 58.2. The number of fused-ring (bicyclic) bond motifs is 7. The first-order valence-corrected chi connectivity index (χ1v) is 23.8. The van der Waals surface area contributed by atoms with E-state index in [1.807, 2.05) is 0 Å². The third-order valence-electron chi connectivity index (χ3n) is 18.3. The Morgan fingerprint density at radius 1 is 0.556 bits per heavy atom. The van der Waals surface area contributed by atoms with E-state index >= 15 is 0 Å². The van der Waals surface area contributed by atoms with Gasteiger partial charge >= 0.3 is 0 Å². The third-order valence-corrected chi connectivity index (χ3v) is 18.3. The summed E-state index contributed by atoms with van der Waals surface area (Å²) >= 11 is 0. The van der Waals surface area contributed by atoms with Crippen LogP contribution in [0.1, 0.15) is 91.9 Å². The Labute approximate surface area is 369 Å². The zero-order valence-electron chi connectivity index (χ0n) is 37.0. The maximum atomic E-state index is 11.6. The van der Waals surface area contributed by atoms with Gasteiger partial charge in [0.2, 0.25) is 0 Å². The van der Waals surface area contributed by atoms with Gasteiger partial charge in [-0.1, -0.05) is 27.7 Å². The molecule has 5 saturated heterocycles. The number of aliphatic hydroxyl groups excluding tert-OH is 10. The lowest BCUT2D eigenvalue weighted by molar-refractivity contribution is -0.396. The highest BCUT2D eigenvalue weighted by molar-refractivity contribution is 5.15. The summed E-state index contributed by atoms with van der Waals surface area (Å²) in [5.74, 6) is 2.99. The summed E-state index contributed by atoms with van der Waals surface area (Å²) in [7, 11) is 0. The molecule has 2 unspecified atom stereocenters. The Morgan fingerprint density at radius 2 is 1.14 bits per heavy atom. The van der Waals surface area contributed by atoms with Gasteiger partial charge in [0, 0.05) is 12.3 Å². The lowest BCUT2D eigenvalue weighted by Crippen LogP contribution is -2.67. The minimum absolute atomic E-state index is 0.0658. The van der Waals surface area contributed by atoms with E-state index in [-0.39, 0.29) is 23.0 Å². The molecule has 362 valence electrons. The van der Waals surface area contributed by atoms with Crippen molar-refractivity contribution in [1.82, 2.24) is 0 Å². The van der Waals surface area contributed by atoms with E-state index < -0.39 is 118 Å². The Balaban J connectivity index is 0.925. The second-order valence-corrected chi connectivity index (χ2v) is 21.5. The van der Waals surface area contributed by atoms with E-state index in [0.717, 1.165) is 58.0 Å². The van der Waals surface area contributed by atoms with Gasteiger partial charge in [-0.2, -0.15) is 0 Å². The molecule has 0 aromatic rings. The van der Waals surface area contributed by atoms with Crippen LogP contribution in [0.2, 0.25) is 0 Å². The van der Waals surface area contributed by atoms with Gasteiger partial charge in [-0.3, -0.25) is 0 Å². The summed E-state index contributed by atoms with van der Waals surface area (Å²) in [6, 6.07) is 0. The molecule has 18 nitrogen and oxygen atoms in total. The van der Waals surface area contributed by atoms with E-state index in [1.165, 1.54) is 0 Å². The van der Waals surface area contributed by atoms with Gasteiger partial charge in [0.1, 0.15) is 73.2 Å². The number of rotatable bonds is 9. The van der Waals surface area contributed by atoms with Crippen molar-refractivity contribution in [2.24, 2.45) is 52.3 Å². The van der Waals surface area contributed by atoms with Crippen molar-refractivity contribution in [3.63, 3.8) is 0 Å². The molecule has 0 aromatic heterocycles. The lowest BCUT2D eigenvalue weighted by atomic mass is 9.44. The molecule has 27 atom stereocenters. The number of hydrogen-bond donors (Lipinski definition) is 10. The average molecular weight is 903 g/mol. The molecule has 0 radical (unpaired) electrons. The van der Waals surface area contributed by atoms with E-state index in [2.05, 4.69) is 27.7 Å². The molecule has 0 aromatic carbocycles. The maximum absolute atomic E-state index is 11.6. The molecular weight excluding hydrogens is 828 g/mol. The number of hydrogen-bond acceptors (Lipinski definition) is 18. The van der Waals surface area contributed by atoms with Crippen molar-refractivity contribution in [2.75, 3.05) is 26.4 Å². The first-order valence-electron chi connectivity index (χ1n) is 23.8. The number of ether oxygens (including phenoxy) is 8. The van der Waals surface area contributed by atoms with Gasteiger partial charge in [-0.15, -0.1) is 0 Å². The molecular formula is C45H74O18. The minimum atomic E-state index is -1.87. The molecule has 0 bridgehead atoms. The highest BCUT2D eigenvalue weighted by Gasteiger charge is 2.69. The Morgan fingerprint density at radius 3 is 1.75 bits per heavy atom. The molecule has 9 fully saturated rings. The van der Waals surface area contributed by atoms with Crippen LogP contribution in [0.5, 0.6) is 0 Å². The fourth-order valence-electron chi connectivity index (χ4n) is 14.7. The van der Waals surface area contributed by atoms with Crippen molar-refractivity contribution in [3.05, 3.63) is 0 Å². The molecule has 5 aliphatic heterocycles. The van der Waals surface area contributed by atoms with Crippen LogP contribution in [0.3, 0.4) is 0 Å². The summed E-state index contributed by atoms with van der Waals surface area (Å²) < 4.78 is 50.2. The summed E-state index contributed by atoms with van der Waals surface area (Å²) in [5.41, 5.74) is 0.261. The van der Waals surface area contributed by atoms with Crippen molar-refractivity contribution in [3.8, 4) is 0 Å². The third kappa shape index (κ3) is 7.88. The summed E-state index contributed by atoms with van der Waals surface area (Å²) in [4.78, 5) is 0. The SMILES string of the molecule is C[C@@H]1CC[C@@]2(OC1)O[C@H]1C[C@H]3[C@@H]4CCC5CC(O[C@@H]6O[C@H](CO)[C@@H](O)[C@H](O[C@@H]7O[C@H](CO)[C@@H](O)[C@H](O)[C@H]7O)[C@H]6O[C@@H]6O[C@H](CO)[C@@H](O)[C@H](O)[C@H]6O)CC[C@]5(C)[C@H]4CC[C@]3(C)[C@H]1[C@@H]2C. The standard InChI is InChI=1S/C45H74O18/c1-19-7-12-45(56-18-19)20(2)30-26(63-45)14-25-23-6-5-21-13-22(8-10-43(21,3)24(23)9-11-44(25,30)4)57-42-39(62-41-37(55)35(53)32(50)28(16-47)59-41)38(33(51)29(17-48)60-42)61-40-36(54)34(52)31(49)27(15-46)58-40/h19-42,46-55H,5-18H2,1-4H3/t19-,20+,21?,22?,23-,24+,25+,26+,27-,28-,29-,30+,31-,32-,33-,34+,35+,36-,37-,38+,39-,40+,41+,42-,43+,44+,45-/m1/s1. The summed E-state index contributed by atoms with van der Waals surface area (Å²) in [6.07, 6.45) is -14.7. The molecule has 4 saturated carbocycles. The second-order valence-electron chi connectivity index (χ2n) is 21.5. The zero-order valence-corrected chi connectivity index (χ0v) is 37.0. The summed E-state index contributed by atoms with van der Waals surface area (Å²) in [6.45, 7) is 8.21.